The minimum atomic E-state index is -3.16. The first kappa shape index (κ1) is 134. The van der Waals surface area contributed by atoms with Gasteiger partial charge in [0.15, 0.2) is 47.7 Å². The predicted molar refractivity (Wildman–Crippen MR) is 582 cm³/mol. The fourth-order valence-electron chi connectivity index (χ4n) is 17.5. The summed E-state index contributed by atoms with van der Waals surface area (Å²) in [6.45, 7) is 9.10. The summed E-state index contributed by atoms with van der Waals surface area (Å²) < 4.78 is 22.4. The molecule has 0 bridgehead atoms. The van der Waals surface area contributed by atoms with Gasteiger partial charge in [-0.25, -0.2) is 9.34 Å². The molecular formula is C99H187N32O16P. The third-order valence-electron chi connectivity index (χ3n) is 25.8. The average molecular weight is 2110 g/mol. The molecule has 844 valence electrons. The van der Waals surface area contributed by atoms with Crippen LogP contribution in [0.1, 0.15) is 316 Å². The minimum Gasteiger partial charge on any atom is -0.370 e. The van der Waals surface area contributed by atoms with Crippen LogP contribution in [0.5, 0.6) is 0 Å². The van der Waals surface area contributed by atoms with E-state index in [1.54, 1.807) is 35.3 Å². The van der Waals surface area contributed by atoms with Crippen molar-refractivity contribution < 1.29 is 76.2 Å². The van der Waals surface area contributed by atoms with Crippen LogP contribution in [0.4, 0.5) is 0 Å². The number of rotatable bonds is 93. The highest BCUT2D eigenvalue weighted by atomic mass is 31.2. The molecule has 0 spiro atoms. The molecule has 1 aliphatic rings. The molecular weight excluding hydrogens is 1920 g/mol. The summed E-state index contributed by atoms with van der Waals surface area (Å²) in [6.07, 6.45) is 15.9. The molecule has 1 saturated heterocycles. The van der Waals surface area contributed by atoms with Gasteiger partial charge in [-0.3, -0.25) is 112 Å². The molecule has 6 amide bonds. The number of unbranched alkanes of at least 4 members (excludes halogenated alkanes) is 10. The lowest BCUT2D eigenvalue weighted by Crippen LogP contribution is -2.48. The molecule has 1 fully saturated rings. The van der Waals surface area contributed by atoms with Crippen molar-refractivity contribution in [3.8, 4) is 0 Å². The first-order valence-electron chi connectivity index (χ1n) is 53.5. The highest BCUT2D eigenvalue weighted by Gasteiger charge is 2.38. The largest absolute Gasteiger partial charge is 0.370 e. The summed E-state index contributed by atoms with van der Waals surface area (Å²) in [6, 6.07) is 0. The molecule has 9 unspecified atom stereocenters. The quantitative estimate of drug-likeness (QED) is 0.0180. The lowest BCUT2D eigenvalue weighted by atomic mass is 9.85. The Labute approximate surface area is 876 Å². The summed E-state index contributed by atoms with van der Waals surface area (Å²) in [5.74, 6) is -9.25. The van der Waals surface area contributed by atoms with Gasteiger partial charge >= 0.3 is 7.67 Å². The molecule has 1 aliphatic heterocycles. The van der Waals surface area contributed by atoms with Crippen molar-refractivity contribution in [1.29, 1.82) is 0 Å². The highest BCUT2D eigenvalue weighted by molar-refractivity contribution is 7.53. The van der Waals surface area contributed by atoms with Gasteiger partial charge in [0.1, 0.15) is 46.3 Å². The van der Waals surface area contributed by atoms with E-state index in [2.05, 4.69) is 66.5 Å². The van der Waals surface area contributed by atoms with E-state index in [0.717, 1.165) is 0 Å². The zero-order valence-corrected chi connectivity index (χ0v) is 90.1. The lowest BCUT2D eigenvalue weighted by Gasteiger charge is -2.40. The van der Waals surface area contributed by atoms with E-state index < -0.39 is 55.0 Å². The second-order valence-electron chi connectivity index (χ2n) is 38.5. The average Bonchev–Trinajstić information content (AvgIpc) is 0.806. The minimum absolute atomic E-state index is 0.00302. The Kier molecular flexibility index (Phi) is 74.8. The Hall–Kier alpha value is -11.5. The van der Waals surface area contributed by atoms with Crippen molar-refractivity contribution >= 4 is 137 Å². The Bertz CT molecular complexity index is 4240. The first-order valence-corrected chi connectivity index (χ1v) is 55.0. The molecule has 1 heterocycles. The Balaban J connectivity index is 3.04. The van der Waals surface area contributed by atoms with Gasteiger partial charge in [-0.15, -0.1) is 0 Å². The topological polar surface area (TPSA) is 850 Å². The third-order valence-corrected chi connectivity index (χ3v) is 28.5. The van der Waals surface area contributed by atoms with Gasteiger partial charge in [0.05, 0.1) is 6.61 Å². The summed E-state index contributed by atoms with van der Waals surface area (Å²) >= 11 is 0. The maximum atomic E-state index is 14.4. The van der Waals surface area contributed by atoms with Crippen molar-refractivity contribution in [3.05, 3.63) is 0 Å². The van der Waals surface area contributed by atoms with E-state index in [4.69, 9.17) is 96.3 Å². The standard InChI is InChI=1S/C99H187N32O16P/c1-5-70(31-23-51-121-92(100)101)87(141)116-46-18-8-13-40-79(133)63-71(32-24-52-122-93(102)103)83(137)67-75(36-28-56-126-97(110)111)89(143)118-48-19-9-14-41-80(134)64-72(33-25-53-123-94(104)105)84(138)68-76(37-29-57-127-98(112)113)90(144)119-49-20-10-15-42-81(135)65-73(34-26-54-124-95(106)107)85(139)69-77(38-30-58-128-99(114)115)91(145)120-50-21-11-16-43-82(136)66-74(35-27-55-125-96(108)109)88(142)117-47-17-7-12-39-78(132)44-22-45-86(140)130-59-61-131(62-60-130)148(146,129(3)4)147-6-2/h70-77H,5-69H2,1-4H3,(H,116,141)(H,117,142)(H,118,143)(H,119,144)(H,120,145)(H4,100,101,121)(H4,102,103,122)(H4,104,105,123)(H4,106,107,124)(H4,108,109,125)(H4,110,111,126)(H4,112,113,127)(H4,114,115,128). The van der Waals surface area contributed by atoms with Crippen LogP contribution >= 0.6 is 7.67 Å². The number of guanidine groups is 8. The number of aliphatic imine (C=N–C) groups is 8. The smallest absolute Gasteiger partial charge is 0.345 e. The molecule has 48 nitrogen and oxygen atoms in total. The molecule has 0 aliphatic carbocycles. The van der Waals surface area contributed by atoms with Crippen LogP contribution in [0.2, 0.25) is 0 Å². The van der Waals surface area contributed by atoms with E-state index in [-0.39, 0.29) is 310 Å². The monoisotopic (exact) mass is 2110 g/mol. The van der Waals surface area contributed by atoms with Crippen molar-refractivity contribution in [2.45, 2.75) is 316 Å². The van der Waals surface area contributed by atoms with Gasteiger partial charge in [-0.2, -0.15) is 0 Å². The van der Waals surface area contributed by atoms with E-state index in [1.165, 1.54) is 0 Å². The molecule has 1 rings (SSSR count). The summed E-state index contributed by atoms with van der Waals surface area (Å²) in [5, 5.41) is 14.8. The molecule has 0 aromatic rings. The van der Waals surface area contributed by atoms with Gasteiger partial charge in [-0.1, -0.05) is 39.0 Å². The van der Waals surface area contributed by atoms with Crippen LogP contribution in [-0.2, 0) is 76.2 Å². The van der Waals surface area contributed by atoms with Gasteiger partial charge in [0.2, 0.25) is 35.4 Å². The summed E-state index contributed by atoms with van der Waals surface area (Å²) in [7, 11) is 0.265. The van der Waals surface area contributed by atoms with Crippen LogP contribution in [0.15, 0.2) is 39.9 Å². The van der Waals surface area contributed by atoms with E-state index in [1.807, 2.05) is 6.92 Å². The number of piperazine rings is 1. The van der Waals surface area contributed by atoms with Gasteiger partial charge < -0.3 is 128 Å². The van der Waals surface area contributed by atoms with Crippen molar-refractivity contribution in [2.75, 3.05) is 132 Å². The fourth-order valence-corrected chi connectivity index (χ4v) is 19.4. The first-order chi connectivity index (χ1) is 70.5. The third kappa shape index (κ3) is 68.1. The maximum Gasteiger partial charge on any atom is 0.345 e. The Morgan fingerprint density at radius 3 is 0.723 bits per heavy atom. The SMILES string of the molecule is CCOP(=O)(N(C)C)N1CCN(C(=O)CCCC(=O)CCCCCNC(=O)C(CCCN=C(N)N)CC(=O)CCCCCNC(=O)C(CCCN=C(N)N)CC(=O)C(CCCN=C(N)N)CC(=O)CCCCCNC(=O)C(CCCN=C(N)N)CC(=O)C(CCCN=C(N)N)CC(=O)CCCCCNC(=O)C(CCCN=C(N)N)CC(=O)C(CCCN=C(N)N)CC(=O)CCCCCNC(=O)C(CC)CCCN=C(N)N)CC1. The van der Waals surface area contributed by atoms with Gasteiger partial charge in [0, 0.05) is 248 Å². The molecule has 0 saturated carbocycles. The molecule has 0 radical (unpaired) electrons. The van der Waals surface area contributed by atoms with Crippen LogP contribution in [0, 0.1) is 47.3 Å². The molecule has 37 N–H and O–H groups in total. The van der Waals surface area contributed by atoms with Gasteiger partial charge in [-0.05, 0) is 201 Å². The Morgan fingerprint density at radius 2 is 0.486 bits per heavy atom. The highest BCUT2D eigenvalue weighted by Crippen LogP contribution is 2.52. The van der Waals surface area contributed by atoms with Crippen LogP contribution in [0.3, 0.4) is 0 Å². The Morgan fingerprint density at radius 1 is 0.270 bits per heavy atom. The summed E-state index contributed by atoms with van der Waals surface area (Å²) in [4.78, 5) is 226. The van der Waals surface area contributed by atoms with Crippen molar-refractivity contribution in [2.24, 2.45) is 179 Å². The zero-order valence-electron chi connectivity index (χ0n) is 89.2. The van der Waals surface area contributed by atoms with Crippen molar-refractivity contribution in [1.82, 2.24) is 40.8 Å². The number of amides is 6. The number of hydrogen-bond acceptors (Lipinski definition) is 24. The number of nitrogens with one attached hydrogen (secondary N) is 5. The molecule has 0 aromatic carbocycles. The van der Waals surface area contributed by atoms with E-state index in [9.17, 15) is 71.7 Å². The van der Waals surface area contributed by atoms with Crippen LogP contribution in [0.25, 0.3) is 0 Å². The number of hydrogen-bond donors (Lipinski definition) is 21. The summed E-state index contributed by atoms with van der Waals surface area (Å²) in [5.41, 5.74) is 89.3. The van der Waals surface area contributed by atoms with E-state index in [0.29, 0.717) is 239 Å². The molecule has 49 heteroatoms. The number of carbonyl (C=O) groups is 14. The second-order valence-corrected chi connectivity index (χ2v) is 41.2. The van der Waals surface area contributed by atoms with Gasteiger partial charge in [0.25, 0.3) is 0 Å². The predicted octanol–water partition coefficient (Wildman–Crippen LogP) is 2.44. The second kappa shape index (κ2) is 82.3. The number of nitrogens with two attached hydrogens (primary N) is 16. The molecule has 0 aromatic heterocycles. The van der Waals surface area contributed by atoms with Crippen LogP contribution in [-0.4, -0.2) is 276 Å². The lowest BCUT2D eigenvalue weighted by molar-refractivity contribution is -0.133. The fraction of sp³-hybridized carbons (Fsp3) is 0.778. The number of ketones is 8. The normalized spacial score (nSPS) is 13.9. The van der Waals surface area contributed by atoms with Crippen molar-refractivity contribution in [3.63, 3.8) is 0 Å². The number of carbonyl (C=O) groups excluding carboxylic acids is 14. The molecule has 9 atom stereocenters. The number of nitrogens with zero attached hydrogens (tertiary/aromatic N) is 11. The number of Topliss-reactive ketones (excluding diaryl/α,β-unsaturated/α-hetero) is 8. The maximum absolute atomic E-state index is 14.4. The molecule has 148 heavy (non-hydrogen) atoms. The zero-order chi connectivity index (χ0) is 110. The van der Waals surface area contributed by atoms with E-state index >= 15 is 0 Å². The van der Waals surface area contributed by atoms with Crippen LogP contribution < -0.4 is 118 Å².